The highest BCUT2D eigenvalue weighted by molar-refractivity contribution is 5.85. The van der Waals surface area contributed by atoms with Crippen molar-refractivity contribution in [3.05, 3.63) is 66.1 Å². The maximum Gasteiger partial charge on any atom is 0.245 e. The van der Waals surface area contributed by atoms with Gasteiger partial charge in [0.25, 0.3) is 0 Å². The van der Waals surface area contributed by atoms with Crippen LogP contribution in [0.1, 0.15) is 24.2 Å². The summed E-state index contributed by atoms with van der Waals surface area (Å²) in [6.07, 6.45) is 3.92. The molecule has 0 atom stereocenters. The van der Waals surface area contributed by atoms with Crippen molar-refractivity contribution < 1.29 is 9.59 Å². The SMILES string of the molecule is Cn1c(CC(=O)NNC(=O)CCCc2c[nH]c3ccccc23)nc2ccccc21. The summed E-state index contributed by atoms with van der Waals surface area (Å²) in [5.41, 5.74) is 9.08. The van der Waals surface area contributed by atoms with Crippen molar-refractivity contribution in [1.29, 1.82) is 0 Å². The Kier molecular flexibility index (Phi) is 5.29. The monoisotopic (exact) mass is 389 g/mol. The van der Waals surface area contributed by atoms with Crippen LogP contribution < -0.4 is 10.9 Å². The Labute approximate surface area is 168 Å². The lowest BCUT2D eigenvalue weighted by atomic mass is 10.1. The molecule has 2 heterocycles. The molecule has 4 rings (SSSR count). The fraction of sp³-hybridized carbons (Fsp3) is 0.227. The van der Waals surface area contributed by atoms with E-state index in [4.69, 9.17) is 0 Å². The smallest absolute Gasteiger partial charge is 0.245 e. The quantitative estimate of drug-likeness (QED) is 0.443. The van der Waals surface area contributed by atoms with Gasteiger partial charge in [-0.2, -0.15) is 0 Å². The van der Waals surface area contributed by atoms with Crippen LogP contribution >= 0.6 is 0 Å². The summed E-state index contributed by atoms with van der Waals surface area (Å²) >= 11 is 0. The summed E-state index contributed by atoms with van der Waals surface area (Å²) < 4.78 is 1.89. The van der Waals surface area contributed by atoms with Crippen molar-refractivity contribution in [2.45, 2.75) is 25.7 Å². The maximum atomic E-state index is 12.2. The molecule has 0 radical (unpaired) electrons. The fourth-order valence-corrected chi connectivity index (χ4v) is 3.52. The van der Waals surface area contributed by atoms with Crippen LogP contribution in [0.2, 0.25) is 0 Å². The number of imidazole rings is 1. The number of nitrogens with zero attached hydrogens (tertiary/aromatic N) is 2. The van der Waals surface area contributed by atoms with Crippen molar-refractivity contribution in [3.8, 4) is 0 Å². The van der Waals surface area contributed by atoms with E-state index in [1.807, 2.05) is 60.3 Å². The second-order valence-electron chi connectivity index (χ2n) is 7.06. The van der Waals surface area contributed by atoms with E-state index >= 15 is 0 Å². The van der Waals surface area contributed by atoms with Crippen molar-refractivity contribution in [2.24, 2.45) is 7.05 Å². The third kappa shape index (κ3) is 4.13. The number of aryl methyl sites for hydroxylation is 2. The minimum Gasteiger partial charge on any atom is -0.361 e. The molecule has 0 saturated carbocycles. The molecule has 0 fully saturated rings. The Bertz CT molecular complexity index is 1170. The number of aromatic amines is 1. The van der Waals surface area contributed by atoms with Gasteiger partial charge < -0.3 is 9.55 Å². The first kappa shape index (κ1) is 18.7. The lowest BCUT2D eigenvalue weighted by molar-refractivity contribution is -0.128. The average Bonchev–Trinajstić information content (AvgIpc) is 3.28. The predicted molar refractivity (Wildman–Crippen MR) is 112 cm³/mol. The van der Waals surface area contributed by atoms with Gasteiger partial charge in [-0.15, -0.1) is 0 Å². The van der Waals surface area contributed by atoms with Gasteiger partial charge in [-0.1, -0.05) is 30.3 Å². The predicted octanol–water partition coefficient (Wildman–Crippen LogP) is 2.77. The number of benzene rings is 2. The summed E-state index contributed by atoms with van der Waals surface area (Å²) in [7, 11) is 1.88. The standard InChI is InChI=1S/C22H23N5O2/c1-27-19-11-5-4-10-18(19)24-20(27)13-22(29)26-25-21(28)12-6-7-15-14-23-17-9-3-2-8-16(15)17/h2-5,8-11,14,23H,6-7,12-13H2,1H3,(H,25,28)(H,26,29). The van der Waals surface area contributed by atoms with Crippen LogP contribution in [0.5, 0.6) is 0 Å². The number of carbonyl (C=O) groups is 2. The highest BCUT2D eigenvalue weighted by Gasteiger charge is 2.12. The Hall–Kier alpha value is -3.61. The Balaban J connectivity index is 1.24. The second-order valence-corrected chi connectivity index (χ2v) is 7.06. The summed E-state index contributed by atoms with van der Waals surface area (Å²) in [5.74, 6) is 0.147. The molecule has 148 valence electrons. The van der Waals surface area contributed by atoms with Gasteiger partial charge in [-0.25, -0.2) is 4.98 Å². The molecule has 0 spiro atoms. The number of hydrogen-bond acceptors (Lipinski definition) is 3. The van der Waals surface area contributed by atoms with Crippen molar-refractivity contribution in [3.63, 3.8) is 0 Å². The molecule has 2 aromatic heterocycles. The number of hydrogen-bond donors (Lipinski definition) is 3. The molecule has 29 heavy (non-hydrogen) atoms. The summed E-state index contributed by atoms with van der Waals surface area (Å²) in [6, 6.07) is 15.8. The topological polar surface area (TPSA) is 91.8 Å². The van der Waals surface area contributed by atoms with Crippen LogP contribution in [0.4, 0.5) is 0 Å². The zero-order chi connectivity index (χ0) is 20.2. The lowest BCUT2D eigenvalue weighted by Gasteiger charge is -2.07. The molecule has 2 aromatic carbocycles. The molecule has 0 bridgehead atoms. The highest BCUT2D eigenvalue weighted by Crippen LogP contribution is 2.19. The van der Waals surface area contributed by atoms with Crippen LogP contribution in [-0.2, 0) is 29.5 Å². The lowest BCUT2D eigenvalue weighted by Crippen LogP contribution is -2.42. The molecule has 0 unspecified atom stereocenters. The largest absolute Gasteiger partial charge is 0.361 e. The molecular formula is C22H23N5O2. The number of amides is 2. The Morgan fingerprint density at radius 3 is 2.66 bits per heavy atom. The molecule has 2 amide bonds. The number of nitrogens with one attached hydrogen (secondary N) is 3. The van der Waals surface area contributed by atoms with Gasteiger partial charge in [0.1, 0.15) is 5.82 Å². The molecular weight excluding hydrogens is 366 g/mol. The maximum absolute atomic E-state index is 12.2. The zero-order valence-corrected chi connectivity index (χ0v) is 16.2. The van der Waals surface area contributed by atoms with Crippen molar-refractivity contribution in [1.82, 2.24) is 25.4 Å². The number of H-pyrrole nitrogens is 1. The molecule has 0 aliphatic carbocycles. The number of aromatic nitrogens is 3. The normalized spacial score (nSPS) is 11.1. The van der Waals surface area contributed by atoms with E-state index in [1.54, 1.807) is 0 Å². The van der Waals surface area contributed by atoms with Gasteiger partial charge in [-0.05, 0) is 36.6 Å². The van der Waals surface area contributed by atoms with Crippen molar-refractivity contribution >= 4 is 33.8 Å². The van der Waals surface area contributed by atoms with Gasteiger partial charge in [0.05, 0.1) is 17.5 Å². The van der Waals surface area contributed by atoms with Gasteiger partial charge in [0, 0.05) is 30.6 Å². The molecule has 7 nitrogen and oxygen atoms in total. The second kappa shape index (κ2) is 8.18. The van der Waals surface area contributed by atoms with E-state index < -0.39 is 0 Å². The summed E-state index contributed by atoms with van der Waals surface area (Å²) in [6.45, 7) is 0. The van der Waals surface area contributed by atoms with Gasteiger partial charge >= 0.3 is 0 Å². The Morgan fingerprint density at radius 2 is 1.79 bits per heavy atom. The van der Waals surface area contributed by atoms with E-state index in [-0.39, 0.29) is 18.2 Å². The Morgan fingerprint density at radius 1 is 1.03 bits per heavy atom. The van der Waals surface area contributed by atoms with E-state index in [0.717, 1.165) is 23.0 Å². The number of para-hydroxylation sites is 3. The van der Waals surface area contributed by atoms with Crippen LogP contribution in [0.3, 0.4) is 0 Å². The first-order valence-electron chi connectivity index (χ1n) is 9.65. The van der Waals surface area contributed by atoms with Crippen LogP contribution in [0.25, 0.3) is 21.9 Å². The first-order chi connectivity index (χ1) is 14.1. The van der Waals surface area contributed by atoms with Crippen LogP contribution in [0, 0.1) is 0 Å². The number of fused-ring (bicyclic) bond motifs is 2. The molecule has 4 aromatic rings. The van der Waals surface area contributed by atoms with Crippen LogP contribution in [-0.4, -0.2) is 26.3 Å². The molecule has 3 N–H and O–H groups in total. The average molecular weight is 389 g/mol. The van der Waals surface area contributed by atoms with E-state index in [9.17, 15) is 9.59 Å². The first-order valence-corrected chi connectivity index (χ1v) is 9.65. The molecule has 7 heteroatoms. The molecule has 0 aliphatic rings. The summed E-state index contributed by atoms with van der Waals surface area (Å²) in [5, 5.41) is 1.18. The number of hydrazine groups is 1. The zero-order valence-electron chi connectivity index (χ0n) is 16.2. The highest BCUT2D eigenvalue weighted by atomic mass is 16.2. The third-order valence-corrected chi connectivity index (χ3v) is 5.06. The minimum atomic E-state index is -0.298. The molecule has 0 saturated heterocycles. The molecule has 0 aliphatic heterocycles. The van der Waals surface area contributed by atoms with Gasteiger partial charge in [0.2, 0.25) is 11.8 Å². The van der Waals surface area contributed by atoms with E-state index in [0.29, 0.717) is 18.7 Å². The van der Waals surface area contributed by atoms with Crippen molar-refractivity contribution in [2.75, 3.05) is 0 Å². The summed E-state index contributed by atoms with van der Waals surface area (Å²) in [4.78, 5) is 31.9. The van der Waals surface area contributed by atoms with E-state index in [2.05, 4.69) is 26.9 Å². The van der Waals surface area contributed by atoms with Crippen LogP contribution in [0.15, 0.2) is 54.7 Å². The number of carbonyl (C=O) groups excluding carboxylic acids is 2. The van der Waals surface area contributed by atoms with Gasteiger partial charge in [-0.3, -0.25) is 20.4 Å². The minimum absolute atomic E-state index is 0.0980. The number of rotatable bonds is 6. The van der Waals surface area contributed by atoms with E-state index in [1.165, 1.54) is 10.9 Å². The third-order valence-electron chi connectivity index (χ3n) is 5.06. The fourth-order valence-electron chi connectivity index (χ4n) is 3.52. The van der Waals surface area contributed by atoms with Gasteiger partial charge in [0.15, 0.2) is 0 Å².